The van der Waals surface area contributed by atoms with Crippen LogP contribution in [0.15, 0.2) is 18.2 Å². The molecule has 7 nitrogen and oxygen atoms in total. The summed E-state index contributed by atoms with van der Waals surface area (Å²) in [5.74, 6) is 0.956. The number of likely N-dealkylation sites (tertiary alicyclic amines) is 1. The van der Waals surface area contributed by atoms with Crippen LogP contribution in [0.5, 0.6) is 11.5 Å². The maximum Gasteiger partial charge on any atom is 0.309 e. The molecule has 0 saturated carbocycles. The van der Waals surface area contributed by atoms with Crippen molar-refractivity contribution in [1.29, 1.82) is 0 Å². The van der Waals surface area contributed by atoms with Crippen molar-refractivity contribution in [2.24, 2.45) is 5.92 Å². The van der Waals surface area contributed by atoms with Gasteiger partial charge >= 0.3 is 5.97 Å². The van der Waals surface area contributed by atoms with Gasteiger partial charge in [0.05, 0.1) is 46.0 Å². The van der Waals surface area contributed by atoms with Crippen LogP contribution in [0.1, 0.15) is 12.8 Å². The van der Waals surface area contributed by atoms with Crippen molar-refractivity contribution in [2.45, 2.75) is 12.8 Å². The Kier molecular flexibility index (Phi) is 6.43. The van der Waals surface area contributed by atoms with Crippen molar-refractivity contribution in [2.75, 3.05) is 46.3 Å². The Hall–Kier alpha value is -2.28. The lowest BCUT2D eigenvalue weighted by Gasteiger charge is -2.27. The Labute approximate surface area is 141 Å². The van der Waals surface area contributed by atoms with Gasteiger partial charge in [0.15, 0.2) is 6.54 Å². The van der Waals surface area contributed by atoms with E-state index in [-0.39, 0.29) is 17.8 Å². The van der Waals surface area contributed by atoms with Crippen LogP contribution in [0.4, 0.5) is 5.69 Å². The second-order valence-electron chi connectivity index (χ2n) is 5.84. The minimum Gasteiger partial charge on any atom is -0.497 e. The van der Waals surface area contributed by atoms with Gasteiger partial charge < -0.3 is 24.4 Å². The molecule has 1 saturated heterocycles. The van der Waals surface area contributed by atoms with Gasteiger partial charge in [-0.3, -0.25) is 9.59 Å². The number of quaternary nitrogens is 1. The third-order valence-corrected chi connectivity index (χ3v) is 4.32. The highest BCUT2D eigenvalue weighted by atomic mass is 16.5. The van der Waals surface area contributed by atoms with Gasteiger partial charge in [-0.05, 0) is 12.1 Å². The molecule has 1 aliphatic rings. The van der Waals surface area contributed by atoms with E-state index in [1.807, 2.05) is 0 Å². The van der Waals surface area contributed by atoms with Gasteiger partial charge in [-0.15, -0.1) is 0 Å². The third kappa shape index (κ3) is 4.61. The Bertz CT molecular complexity index is 582. The zero-order chi connectivity index (χ0) is 17.5. The van der Waals surface area contributed by atoms with Gasteiger partial charge in [0.25, 0.3) is 5.91 Å². The van der Waals surface area contributed by atoms with Crippen molar-refractivity contribution in [3.05, 3.63) is 18.2 Å². The van der Waals surface area contributed by atoms with Crippen molar-refractivity contribution in [3.8, 4) is 11.5 Å². The molecule has 0 radical (unpaired) electrons. The molecule has 1 amide bonds. The molecule has 1 fully saturated rings. The summed E-state index contributed by atoms with van der Waals surface area (Å²) in [4.78, 5) is 25.0. The first-order chi connectivity index (χ1) is 11.6. The number of amides is 1. The molecule has 0 spiro atoms. The molecule has 0 unspecified atom stereocenters. The van der Waals surface area contributed by atoms with Crippen LogP contribution in [0.25, 0.3) is 0 Å². The van der Waals surface area contributed by atoms with E-state index >= 15 is 0 Å². The minimum absolute atomic E-state index is 0.0384. The first-order valence-corrected chi connectivity index (χ1v) is 8.00. The fourth-order valence-electron chi connectivity index (χ4n) is 2.93. The van der Waals surface area contributed by atoms with Crippen molar-refractivity contribution in [3.63, 3.8) is 0 Å². The van der Waals surface area contributed by atoms with Crippen LogP contribution in [0.3, 0.4) is 0 Å². The van der Waals surface area contributed by atoms with Gasteiger partial charge in [0.1, 0.15) is 11.5 Å². The summed E-state index contributed by atoms with van der Waals surface area (Å²) in [7, 11) is 4.54. The highest BCUT2D eigenvalue weighted by molar-refractivity contribution is 5.93. The summed E-state index contributed by atoms with van der Waals surface area (Å²) in [6.07, 6.45) is 1.50. The Morgan fingerprint density at radius 2 is 1.88 bits per heavy atom. The van der Waals surface area contributed by atoms with E-state index in [4.69, 9.17) is 14.2 Å². The zero-order valence-electron chi connectivity index (χ0n) is 14.4. The van der Waals surface area contributed by atoms with Gasteiger partial charge in [-0.2, -0.15) is 0 Å². The highest BCUT2D eigenvalue weighted by Crippen LogP contribution is 2.28. The molecule has 0 atom stereocenters. The van der Waals surface area contributed by atoms with E-state index in [9.17, 15) is 9.59 Å². The maximum atomic E-state index is 12.3. The fraction of sp³-hybridized carbons (Fsp3) is 0.529. The van der Waals surface area contributed by atoms with Crippen LogP contribution in [-0.4, -0.2) is 52.8 Å². The quantitative estimate of drug-likeness (QED) is 0.721. The van der Waals surface area contributed by atoms with Crippen molar-refractivity contribution in [1.82, 2.24) is 0 Å². The molecule has 132 valence electrons. The van der Waals surface area contributed by atoms with Crippen LogP contribution >= 0.6 is 0 Å². The smallest absolute Gasteiger partial charge is 0.309 e. The summed E-state index contributed by atoms with van der Waals surface area (Å²) in [5.41, 5.74) is 0.618. The maximum absolute atomic E-state index is 12.3. The number of carbonyl (C=O) groups is 2. The number of hydrogen-bond donors (Lipinski definition) is 2. The van der Waals surface area contributed by atoms with Crippen LogP contribution in [0, 0.1) is 5.92 Å². The molecule has 1 aliphatic heterocycles. The number of hydrogen-bond acceptors (Lipinski definition) is 5. The minimum atomic E-state index is -0.151. The molecule has 2 rings (SSSR count). The predicted octanol–water partition coefficient (Wildman–Crippen LogP) is 0.110. The Morgan fingerprint density at radius 3 is 2.46 bits per heavy atom. The molecule has 0 aromatic heterocycles. The lowest BCUT2D eigenvalue weighted by Crippen LogP contribution is -3.14. The number of ether oxygens (including phenoxy) is 3. The molecule has 24 heavy (non-hydrogen) atoms. The first-order valence-electron chi connectivity index (χ1n) is 8.00. The standard InChI is InChI=1S/C17H24N2O5/c1-22-13-4-5-14(15(10-13)23-2)18-16(20)11-19-8-6-12(7-9-19)17(21)24-3/h4-5,10,12H,6-9,11H2,1-3H3,(H,18,20)/p+1. The summed E-state index contributed by atoms with van der Waals surface area (Å²) in [6, 6.07) is 5.26. The lowest BCUT2D eigenvalue weighted by molar-refractivity contribution is -0.897. The molecule has 0 aliphatic carbocycles. The van der Waals surface area contributed by atoms with E-state index in [0.717, 1.165) is 25.9 Å². The number of anilines is 1. The first kappa shape index (κ1) is 18.1. The monoisotopic (exact) mass is 337 g/mol. The average molecular weight is 337 g/mol. The number of nitrogens with one attached hydrogen (secondary N) is 2. The summed E-state index contributed by atoms with van der Waals surface area (Å²) >= 11 is 0. The molecule has 1 aromatic rings. The number of piperidine rings is 1. The van der Waals surface area contributed by atoms with Crippen LogP contribution in [0.2, 0.25) is 0 Å². The second-order valence-corrected chi connectivity index (χ2v) is 5.84. The number of benzene rings is 1. The third-order valence-electron chi connectivity index (χ3n) is 4.32. The van der Waals surface area contributed by atoms with Crippen molar-refractivity contribution < 1.29 is 28.7 Å². The summed E-state index contributed by atoms with van der Waals surface area (Å²) < 4.78 is 15.2. The van der Waals surface area contributed by atoms with E-state index < -0.39 is 0 Å². The van der Waals surface area contributed by atoms with Gasteiger partial charge in [0, 0.05) is 18.9 Å². The van der Waals surface area contributed by atoms with E-state index in [1.54, 1.807) is 32.4 Å². The summed E-state index contributed by atoms with van der Waals surface area (Å²) in [5, 5.41) is 2.87. The topological polar surface area (TPSA) is 78.3 Å². The molecule has 1 heterocycles. The molecule has 1 aromatic carbocycles. The molecule has 2 N–H and O–H groups in total. The van der Waals surface area contributed by atoms with E-state index in [2.05, 4.69) is 5.32 Å². The normalized spacial score (nSPS) is 20.1. The number of esters is 1. The van der Waals surface area contributed by atoms with E-state index in [1.165, 1.54) is 12.0 Å². The second kappa shape index (κ2) is 8.54. The number of methoxy groups -OCH3 is 3. The van der Waals surface area contributed by atoms with Gasteiger partial charge in [-0.1, -0.05) is 0 Å². The predicted molar refractivity (Wildman–Crippen MR) is 88.5 cm³/mol. The number of carbonyl (C=O) groups excluding carboxylic acids is 2. The largest absolute Gasteiger partial charge is 0.497 e. The zero-order valence-corrected chi connectivity index (χ0v) is 14.4. The van der Waals surface area contributed by atoms with Crippen LogP contribution < -0.4 is 19.7 Å². The summed E-state index contributed by atoms with van der Waals surface area (Å²) in [6.45, 7) is 1.93. The molecular weight excluding hydrogens is 312 g/mol. The van der Waals surface area contributed by atoms with E-state index in [0.29, 0.717) is 23.7 Å². The SMILES string of the molecule is COC(=O)C1CC[NH+](CC(=O)Nc2ccc(OC)cc2OC)CC1. The Balaban J connectivity index is 1.87. The van der Waals surface area contributed by atoms with Crippen molar-refractivity contribution >= 4 is 17.6 Å². The number of rotatable bonds is 6. The highest BCUT2D eigenvalue weighted by Gasteiger charge is 2.29. The molecule has 7 heteroatoms. The molecular formula is C17H25N2O5+. The lowest BCUT2D eigenvalue weighted by atomic mass is 9.97. The van der Waals surface area contributed by atoms with Crippen LogP contribution in [-0.2, 0) is 14.3 Å². The Morgan fingerprint density at radius 1 is 1.17 bits per heavy atom. The molecule has 0 bridgehead atoms. The average Bonchev–Trinajstić information content (AvgIpc) is 2.61. The van der Waals surface area contributed by atoms with Gasteiger partial charge in [-0.25, -0.2) is 0 Å². The van der Waals surface area contributed by atoms with Gasteiger partial charge in [0.2, 0.25) is 0 Å². The fourth-order valence-corrected chi connectivity index (χ4v) is 2.93.